The maximum Gasteiger partial charge on any atom is 0.179 e. The molecule has 1 aliphatic rings. The van der Waals surface area contributed by atoms with Gasteiger partial charge in [0.2, 0.25) is 0 Å². The first-order valence-corrected chi connectivity index (χ1v) is 12.3. The second kappa shape index (κ2) is 7.96. The van der Waals surface area contributed by atoms with Gasteiger partial charge in [0.05, 0.1) is 4.34 Å². The third-order valence-corrected chi connectivity index (χ3v) is 8.32. The molecule has 0 aliphatic carbocycles. The van der Waals surface area contributed by atoms with Gasteiger partial charge in [0.1, 0.15) is 17.1 Å². The number of thiophene rings is 2. The van der Waals surface area contributed by atoms with Crippen LogP contribution in [0.1, 0.15) is 51.7 Å². The molecule has 0 N–H and O–H groups in total. The third kappa shape index (κ3) is 4.05. The lowest BCUT2D eigenvalue weighted by Gasteiger charge is -2.43. The fourth-order valence-electron chi connectivity index (χ4n) is 4.25. The number of halogens is 1. The Kier molecular flexibility index (Phi) is 5.76. The van der Waals surface area contributed by atoms with E-state index in [0.29, 0.717) is 0 Å². The number of ketones is 2. The number of carbonyl (C=O) groups excluding carboxylic acids is 2. The van der Waals surface area contributed by atoms with Crippen LogP contribution < -0.4 is 0 Å². The van der Waals surface area contributed by atoms with E-state index < -0.39 is 17.1 Å². The molecule has 1 fully saturated rings. The summed E-state index contributed by atoms with van der Waals surface area (Å²) in [5, 5.41) is 0. The van der Waals surface area contributed by atoms with Crippen LogP contribution >= 0.6 is 34.3 Å². The average molecular weight is 473 g/mol. The van der Waals surface area contributed by atoms with Gasteiger partial charge in [0, 0.05) is 14.6 Å². The zero-order valence-corrected chi connectivity index (χ0v) is 20.6. The number of rotatable bonds is 4. The summed E-state index contributed by atoms with van der Waals surface area (Å²) in [6.45, 7) is 9.06. The van der Waals surface area contributed by atoms with E-state index >= 15 is 0 Å². The van der Waals surface area contributed by atoms with Crippen molar-refractivity contribution in [2.45, 2.75) is 58.2 Å². The maximum atomic E-state index is 13.2. The van der Waals surface area contributed by atoms with Crippen molar-refractivity contribution in [2.75, 3.05) is 0 Å². The van der Waals surface area contributed by atoms with Gasteiger partial charge in [-0.1, -0.05) is 36.7 Å². The summed E-state index contributed by atoms with van der Waals surface area (Å²) in [6.07, 6.45) is 0.737. The summed E-state index contributed by atoms with van der Waals surface area (Å²) in [5.41, 5.74) is 0.900. The summed E-state index contributed by atoms with van der Waals surface area (Å²) >= 11 is 9.37. The molecule has 1 aromatic carbocycles. The molecule has 1 saturated heterocycles. The molecule has 1 aliphatic heterocycles. The number of aryl methyl sites for hydroxylation is 1. The first-order valence-electron chi connectivity index (χ1n) is 10.3. The highest BCUT2D eigenvalue weighted by Crippen LogP contribution is 2.42. The minimum absolute atomic E-state index is 0.174. The van der Waals surface area contributed by atoms with Gasteiger partial charge in [0.15, 0.2) is 11.6 Å². The van der Waals surface area contributed by atoms with Gasteiger partial charge in [-0.3, -0.25) is 9.59 Å². The van der Waals surface area contributed by atoms with Crippen molar-refractivity contribution in [1.29, 1.82) is 0 Å². The molecule has 162 valence electrons. The van der Waals surface area contributed by atoms with Gasteiger partial charge in [-0.15, -0.1) is 22.7 Å². The van der Waals surface area contributed by atoms with Crippen LogP contribution in [0, 0.1) is 0 Å². The minimum atomic E-state index is -1.00. The molecule has 0 spiro atoms. The summed E-state index contributed by atoms with van der Waals surface area (Å²) in [5.74, 6) is -1.14. The molecule has 4 rings (SSSR count). The Morgan fingerprint density at radius 3 is 2.03 bits per heavy atom. The number of ether oxygens (including phenoxy) is 1. The predicted octanol–water partition coefficient (Wildman–Crippen LogP) is 7.17. The van der Waals surface area contributed by atoms with Crippen LogP contribution in [-0.2, 0) is 20.7 Å². The highest BCUT2D eigenvalue weighted by atomic mass is 35.5. The first-order chi connectivity index (χ1) is 14.5. The molecule has 0 amide bonds. The van der Waals surface area contributed by atoms with Crippen molar-refractivity contribution in [3.63, 3.8) is 0 Å². The Labute approximate surface area is 196 Å². The van der Waals surface area contributed by atoms with Crippen LogP contribution in [0.5, 0.6) is 0 Å². The Bertz CT molecular complexity index is 1140. The molecule has 3 aromatic rings. The molecule has 0 bridgehead atoms. The number of hydrogen-bond acceptors (Lipinski definition) is 5. The molecular weight excluding hydrogens is 448 g/mol. The Morgan fingerprint density at radius 2 is 1.45 bits per heavy atom. The van der Waals surface area contributed by atoms with Crippen LogP contribution in [0.3, 0.4) is 0 Å². The number of benzene rings is 1. The van der Waals surface area contributed by atoms with Crippen LogP contribution in [0.25, 0.3) is 20.2 Å². The lowest BCUT2D eigenvalue weighted by Crippen LogP contribution is -2.58. The largest absolute Gasteiger partial charge is 0.354 e. The van der Waals surface area contributed by atoms with E-state index in [2.05, 4.69) is 25.1 Å². The topological polar surface area (TPSA) is 43.4 Å². The first kappa shape index (κ1) is 22.4. The average Bonchev–Trinajstić information content (AvgIpc) is 3.35. The van der Waals surface area contributed by atoms with E-state index in [1.165, 1.54) is 4.88 Å². The monoisotopic (exact) mass is 472 g/mol. The van der Waals surface area contributed by atoms with Gasteiger partial charge >= 0.3 is 0 Å². The number of carbonyl (C=O) groups is 2. The number of hydrogen-bond donors (Lipinski definition) is 0. The summed E-state index contributed by atoms with van der Waals surface area (Å²) in [4.78, 5) is 29.8. The molecular formula is C25H25ClO3S2. The summed E-state index contributed by atoms with van der Waals surface area (Å²) in [7, 11) is 0. The van der Waals surface area contributed by atoms with Crippen LogP contribution in [-0.4, -0.2) is 22.8 Å². The zero-order chi connectivity index (χ0) is 22.6. The van der Waals surface area contributed by atoms with E-state index in [0.717, 1.165) is 37.2 Å². The quantitative estimate of drug-likeness (QED) is 0.378. The number of Topliss-reactive ketones (excluding diaryl/α,β-unsaturated/α-hetero) is 2. The van der Waals surface area contributed by atoms with Gasteiger partial charge in [0.25, 0.3) is 0 Å². The van der Waals surface area contributed by atoms with Crippen molar-refractivity contribution >= 4 is 45.8 Å². The van der Waals surface area contributed by atoms with Gasteiger partial charge < -0.3 is 4.74 Å². The van der Waals surface area contributed by atoms with Crippen molar-refractivity contribution < 1.29 is 14.3 Å². The molecule has 0 radical (unpaired) electrons. The standard InChI is InChI=1S/C25H25ClO3S2/c1-6-14-13-15(17-9-10-18(30-17)19-11-12-20(26)31-19)7-8-16(14)21-22(27)24(2,3)29-25(4,5)23(21)28/h7-13,21H,6H2,1-5H3. The Morgan fingerprint density at radius 1 is 0.871 bits per heavy atom. The van der Waals surface area contributed by atoms with Crippen LogP contribution in [0.2, 0.25) is 4.34 Å². The van der Waals surface area contributed by atoms with E-state index in [4.69, 9.17) is 16.3 Å². The van der Waals surface area contributed by atoms with Gasteiger partial charge in [-0.2, -0.15) is 0 Å². The van der Waals surface area contributed by atoms with E-state index in [-0.39, 0.29) is 11.6 Å². The fourth-order valence-corrected chi connectivity index (χ4v) is 6.39. The second-order valence-corrected chi connectivity index (χ2v) is 11.6. The highest BCUT2D eigenvalue weighted by Gasteiger charge is 2.53. The van der Waals surface area contributed by atoms with Crippen molar-refractivity contribution in [1.82, 2.24) is 0 Å². The Hall–Kier alpha value is -1.79. The smallest absolute Gasteiger partial charge is 0.179 e. The molecule has 6 heteroatoms. The normalized spacial score (nSPS) is 18.5. The van der Waals surface area contributed by atoms with E-state index in [9.17, 15) is 9.59 Å². The van der Waals surface area contributed by atoms with Gasteiger partial charge in [-0.05, 0) is 75.1 Å². The zero-order valence-electron chi connectivity index (χ0n) is 18.2. The molecule has 0 atom stereocenters. The highest BCUT2D eigenvalue weighted by molar-refractivity contribution is 7.25. The maximum absolute atomic E-state index is 13.2. The minimum Gasteiger partial charge on any atom is -0.354 e. The summed E-state index contributed by atoms with van der Waals surface area (Å²) < 4.78 is 6.62. The predicted molar refractivity (Wildman–Crippen MR) is 129 cm³/mol. The van der Waals surface area contributed by atoms with E-state index in [1.807, 2.05) is 24.3 Å². The summed E-state index contributed by atoms with van der Waals surface area (Å²) in [6, 6.07) is 14.2. The van der Waals surface area contributed by atoms with Crippen LogP contribution in [0.15, 0.2) is 42.5 Å². The van der Waals surface area contributed by atoms with Gasteiger partial charge in [-0.25, -0.2) is 0 Å². The lowest BCUT2D eigenvalue weighted by atomic mass is 9.73. The molecule has 0 unspecified atom stereocenters. The third-order valence-electron chi connectivity index (χ3n) is 5.76. The van der Waals surface area contributed by atoms with E-state index in [1.54, 1.807) is 50.4 Å². The molecule has 3 heterocycles. The molecule has 0 saturated carbocycles. The molecule has 31 heavy (non-hydrogen) atoms. The second-order valence-electron chi connectivity index (χ2n) is 8.82. The Balaban J connectivity index is 1.73. The van der Waals surface area contributed by atoms with Crippen molar-refractivity contribution in [2.24, 2.45) is 0 Å². The molecule has 3 nitrogen and oxygen atoms in total. The van der Waals surface area contributed by atoms with Crippen LogP contribution in [0.4, 0.5) is 0 Å². The van der Waals surface area contributed by atoms with Crippen molar-refractivity contribution in [3.8, 4) is 20.2 Å². The lowest BCUT2D eigenvalue weighted by molar-refractivity contribution is -0.184. The molecule has 2 aromatic heterocycles. The van der Waals surface area contributed by atoms with Crippen molar-refractivity contribution in [3.05, 3.63) is 57.9 Å². The fraction of sp³-hybridized carbons (Fsp3) is 0.360. The SMILES string of the molecule is CCc1cc(-c2ccc(-c3ccc(Cl)s3)s2)ccc1C1C(=O)C(C)(C)OC(C)(C)C1=O.